The van der Waals surface area contributed by atoms with Crippen molar-refractivity contribution in [1.82, 2.24) is 9.99 Å². The topological polar surface area (TPSA) is 78.0 Å². The van der Waals surface area contributed by atoms with E-state index in [-0.39, 0.29) is 12.4 Å². The number of nitrogens with zero attached hydrogens (tertiary/aromatic N) is 2. The van der Waals surface area contributed by atoms with Crippen LogP contribution in [0.25, 0.3) is 5.69 Å². The number of aryl methyl sites for hydroxylation is 2. The number of carbonyl (C=O) groups is 1. The van der Waals surface area contributed by atoms with Gasteiger partial charge in [0.2, 0.25) is 0 Å². The summed E-state index contributed by atoms with van der Waals surface area (Å²) in [4.78, 5) is 12.3. The van der Waals surface area contributed by atoms with Gasteiger partial charge < -0.3 is 18.5 Å². The highest BCUT2D eigenvalue weighted by molar-refractivity contribution is 5.92. The Bertz CT molecular complexity index is 1310. The molecule has 2 aromatic heterocycles. The predicted octanol–water partition coefficient (Wildman–Crippen LogP) is 5.59. The summed E-state index contributed by atoms with van der Waals surface area (Å²) in [5.74, 6) is 1.64. The zero-order valence-corrected chi connectivity index (χ0v) is 19.7. The van der Waals surface area contributed by atoms with Gasteiger partial charge in [-0.1, -0.05) is 24.8 Å². The van der Waals surface area contributed by atoms with Crippen molar-refractivity contribution in [3.63, 3.8) is 0 Å². The number of aromatic nitrogens is 1. The molecule has 0 aliphatic rings. The number of hydrogen-bond donors (Lipinski definition) is 1. The molecule has 7 heteroatoms. The van der Waals surface area contributed by atoms with E-state index in [0.29, 0.717) is 23.9 Å². The molecule has 2 aromatic carbocycles. The minimum atomic E-state index is -0.451. The van der Waals surface area contributed by atoms with Crippen molar-refractivity contribution in [2.45, 2.75) is 20.5 Å². The first-order valence-corrected chi connectivity index (χ1v) is 11.2. The molecule has 0 saturated carbocycles. The van der Waals surface area contributed by atoms with Gasteiger partial charge in [0, 0.05) is 17.1 Å². The summed E-state index contributed by atoms with van der Waals surface area (Å²) in [6.07, 6.45) is 3.21. The quantitative estimate of drug-likeness (QED) is 0.186. The molecule has 7 nitrogen and oxygen atoms in total. The van der Waals surface area contributed by atoms with E-state index < -0.39 is 5.91 Å². The van der Waals surface area contributed by atoms with Gasteiger partial charge in [-0.15, -0.1) is 0 Å². The lowest BCUT2D eigenvalue weighted by Crippen LogP contribution is -2.16. The highest BCUT2D eigenvalue weighted by atomic mass is 16.5. The molecule has 1 amide bonds. The van der Waals surface area contributed by atoms with Crippen molar-refractivity contribution in [3.8, 4) is 17.2 Å². The van der Waals surface area contributed by atoms with Gasteiger partial charge >= 0.3 is 5.91 Å². The number of furan rings is 1. The maximum atomic E-state index is 12.3. The summed E-state index contributed by atoms with van der Waals surface area (Å²) in [7, 11) is 0. The Kier molecular flexibility index (Phi) is 7.47. The predicted molar refractivity (Wildman–Crippen MR) is 135 cm³/mol. The summed E-state index contributed by atoms with van der Waals surface area (Å²) in [6, 6.07) is 22.7. The highest BCUT2D eigenvalue weighted by Crippen LogP contribution is 2.21. The average molecular weight is 470 g/mol. The molecule has 0 aliphatic heterocycles. The van der Waals surface area contributed by atoms with Crippen molar-refractivity contribution in [3.05, 3.63) is 114 Å². The number of carbonyl (C=O) groups excluding carboxylic acids is 1. The van der Waals surface area contributed by atoms with E-state index in [1.54, 1.807) is 18.2 Å². The average Bonchev–Trinajstić information content (AvgIpc) is 3.48. The number of hydrazone groups is 1. The van der Waals surface area contributed by atoms with Crippen LogP contribution >= 0.6 is 0 Å². The molecule has 1 N–H and O–H groups in total. The fourth-order valence-corrected chi connectivity index (χ4v) is 3.56. The maximum Gasteiger partial charge on any atom is 0.307 e. The zero-order valence-electron chi connectivity index (χ0n) is 19.7. The van der Waals surface area contributed by atoms with Crippen LogP contribution < -0.4 is 14.9 Å². The Labute approximate surface area is 204 Å². The lowest BCUT2D eigenvalue weighted by Gasteiger charge is -2.10. The summed E-state index contributed by atoms with van der Waals surface area (Å²) >= 11 is 0. The van der Waals surface area contributed by atoms with E-state index in [1.165, 1.54) is 17.6 Å². The third kappa shape index (κ3) is 6.09. The molecule has 0 spiro atoms. The third-order valence-corrected chi connectivity index (χ3v) is 5.24. The van der Waals surface area contributed by atoms with Gasteiger partial charge in [-0.2, -0.15) is 5.10 Å². The van der Waals surface area contributed by atoms with E-state index in [2.05, 4.69) is 47.7 Å². The van der Waals surface area contributed by atoms with Gasteiger partial charge in [0.25, 0.3) is 0 Å². The molecule has 178 valence electrons. The van der Waals surface area contributed by atoms with Crippen LogP contribution in [-0.2, 0) is 6.61 Å². The number of amides is 1. The van der Waals surface area contributed by atoms with Crippen LogP contribution in [0.3, 0.4) is 0 Å². The van der Waals surface area contributed by atoms with Gasteiger partial charge in [-0.25, -0.2) is 5.43 Å². The molecule has 2 heterocycles. The van der Waals surface area contributed by atoms with Crippen LogP contribution in [0.15, 0.2) is 95.0 Å². The maximum absolute atomic E-state index is 12.3. The molecule has 4 rings (SSSR count). The van der Waals surface area contributed by atoms with E-state index in [0.717, 1.165) is 11.3 Å². The molecule has 0 bridgehead atoms. The van der Waals surface area contributed by atoms with Crippen molar-refractivity contribution < 1.29 is 18.7 Å². The first kappa shape index (κ1) is 23.6. The summed E-state index contributed by atoms with van der Waals surface area (Å²) < 4.78 is 19.1. The number of nitrogens with one attached hydrogen (secondary N) is 1. The number of benzene rings is 2. The van der Waals surface area contributed by atoms with Gasteiger partial charge in [0.1, 0.15) is 30.5 Å². The van der Waals surface area contributed by atoms with Crippen LogP contribution in [0.2, 0.25) is 0 Å². The third-order valence-electron chi connectivity index (χ3n) is 5.24. The molecule has 0 radical (unpaired) electrons. The lowest BCUT2D eigenvalue weighted by molar-refractivity contribution is 0.0923. The first-order valence-electron chi connectivity index (χ1n) is 11.2. The second-order valence-electron chi connectivity index (χ2n) is 7.87. The fourth-order valence-electron chi connectivity index (χ4n) is 3.56. The van der Waals surface area contributed by atoms with Gasteiger partial charge in [0.05, 0.1) is 6.21 Å². The van der Waals surface area contributed by atoms with Crippen molar-refractivity contribution in [1.29, 1.82) is 0 Å². The lowest BCUT2D eigenvalue weighted by atomic mass is 10.2. The van der Waals surface area contributed by atoms with E-state index in [1.807, 2.05) is 48.5 Å². The normalized spacial score (nSPS) is 10.9. The highest BCUT2D eigenvalue weighted by Gasteiger charge is 2.11. The summed E-state index contributed by atoms with van der Waals surface area (Å²) in [5, 5.41) is 3.99. The Morgan fingerprint density at radius 3 is 2.51 bits per heavy atom. The zero-order chi connectivity index (χ0) is 24.6. The molecule has 4 aromatic rings. The number of hydrogen-bond acceptors (Lipinski definition) is 5. The van der Waals surface area contributed by atoms with Gasteiger partial charge in [0.15, 0.2) is 5.76 Å². The smallest absolute Gasteiger partial charge is 0.307 e. The monoisotopic (exact) mass is 469 g/mol. The standard InChI is InChI=1S/C28H27N3O4/c1-4-16-33-25-7-5-6-22(17-25)18-29-30-28(32)27-15-14-26(35-27)19-34-24-12-10-23(11-13-24)31-20(2)8-9-21(31)3/h4-15,17-18H,1,16,19H2,2-3H3,(H,30,32)/b29-18+. The van der Waals surface area contributed by atoms with E-state index >= 15 is 0 Å². The van der Waals surface area contributed by atoms with Gasteiger partial charge in [-0.05, 0) is 80.1 Å². The minimum Gasteiger partial charge on any atom is -0.490 e. The first-order chi connectivity index (χ1) is 17.0. The Morgan fingerprint density at radius 1 is 1.00 bits per heavy atom. The van der Waals surface area contributed by atoms with Crippen molar-refractivity contribution in [2.75, 3.05) is 6.61 Å². The van der Waals surface area contributed by atoms with Crippen molar-refractivity contribution >= 4 is 12.1 Å². The number of rotatable bonds is 10. The van der Waals surface area contributed by atoms with Gasteiger partial charge in [-0.3, -0.25) is 4.79 Å². The molecule has 0 saturated heterocycles. The molecule has 0 aliphatic carbocycles. The Hall–Kier alpha value is -4.52. The number of ether oxygens (including phenoxy) is 2. The largest absolute Gasteiger partial charge is 0.490 e. The second-order valence-corrected chi connectivity index (χ2v) is 7.87. The molecule has 35 heavy (non-hydrogen) atoms. The molecule has 0 fully saturated rings. The second kappa shape index (κ2) is 11.1. The van der Waals surface area contributed by atoms with Crippen LogP contribution in [0.1, 0.15) is 33.3 Å². The van der Waals surface area contributed by atoms with E-state index in [9.17, 15) is 4.79 Å². The van der Waals surface area contributed by atoms with Crippen molar-refractivity contribution in [2.24, 2.45) is 5.10 Å². The van der Waals surface area contributed by atoms with E-state index in [4.69, 9.17) is 13.9 Å². The fraction of sp³-hybridized carbons (Fsp3) is 0.143. The summed E-state index contributed by atoms with van der Waals surface area (Å²) in [6.45, 7) is 8.40. The van der Waals surface area contributed by atoms with Crippen LogP contribution in [0.4, 0.5) is 0 Å². The van der Waals surface area contributed by atoms with Crippen LogP contribution in [-0.4, -0.2) is 23.3 Å². The molecule has 0 atom stereocenters. The molecular weight excluding hydrogens is 442 g/mol. The van der Waals surface area contributed by atoms with Crippen LogP contribution in [0.5, 0.6) is 11.5 Å². The Balaban J connectivity index is 1.29. The van der Waals surface area contributed by atoms with Crippen LogP contribution in [0, 0.1) is 13.8 Å². The molecule has 0 unspecified atom stereocenters. The summed E-state index contributed by atoms with van der Waals surface area (Å²) in [5.41, 5.74) is 6.67. The SMILES string of the molecule is C=CCOc1cccc(/C=N/NC(=O)c2ccc(COc3ccc(-n4c(C)ccc4C)cc3)o2)c1. The molecular formula is C28H27N3O4. The Morgan fingerprint density at radius 2 is 1.77 bits per heavy atom. The minimum absolute atomic E-state index is 0.151.